The Hall–Kier alpha value is -1.18. The third kappa shape index (κ3) is 5.57. The lowest BCUT2D eigenvalue weighted by molar-refractivity contribution is -0.127. The molecule has 0 bridgehead atoms. The summed E-state index contributed by atoms with van der Waals surface area (Å²) in [5, 5.41) is 21.6. The van der Waals surface area contributed by atoms with Crippen LogP contribution < -0.4 is 16.8 Å². The highest BCUT2D eigenvalue weighted by molar-refractivity contribution is 5.83. The molecule has 1 heterocycles. The van der Waals surface area contributed by atoms with Crippen LogP contribution >= 0.6 is 0 Å². The lowest BCUT2D eigenvalue weighted by atomic mass is 9.62. The number of fused-ring (bicyclic) bond motifs is 2. The predicted octanol–water partition coefficient (Wildman–Crippen LogP) is 2.99. The summed E-state index contributed by atoms with van der Waals surface area (Å²) in [4.78, 5) is 16.3. The molecule has 7 heteroatoms. The fourth-order valence-corrected chi connectivity index (χ4v) is 8.81. The molecule has 7 N–H and O–H groups in total. The number of likely N-dealkylation sites (tertiary alicyclic amines) is 1. The molecule has 8 atom stereocenters. The van der Waals surface area contributed by atoms with Crippen LogP contribution in [0.1, 0.15) is 89.9 Å². The van der Waals surface area contributed by atoms with E-state index in [1.165, 1.54) is 32.1 Å². The summed E-state index contributed by atoms with van der Waals surface area (Å²) >= 11 is 0. The van der Waals surface area contributed by atoms with Gasteiger partial charge in [-0.15, -0.1) is 0 Å². The lowest BCUT2D eigenvalue weighted by Gasteiger charge is -2.47. The van der Waals surface area contributed by atoms with Crippen molar-refractivity contribution < 1.29 is 9.90 Å². The molecule has 0 aromatic carbocycles. The van der Waals surface area contributed by atoms with Gasteiger partial charge in [0.2, 0.25) is 5.91 Å². The first kappa shape index (κ1) is 25.5. The number of nitrogens with one attached hydrogen (secondary N) is 2. The van der Waals surface area contributed by atoms with Crippen LogP contribution in [0.4, 0.5) is 0 Å². The van der Waals surface area contributed by atoms with Crippen molar-refractivity contribution in [2.45, 2.75) is 114 Å². The Morgan fingerprint density at radius 2 is 1.71 bits per heavy atom. The summed E-state index contributed by atoms with van der Waals surface area (Å²) in [5.41, 5.74) is 12.1. The molecule has 0 spiro atoms. The number of aliphatic hydroxyl groups is 1. The van der Waals surface area contributed by atoms with Crippen molar-refractivity contribution in [2.75, 3.05) is 13.2 Å². The number of nitrogens with two attached hydrogens (primary N) is 2. The maximum atomic E-state index is 13.7. The van der Waals surface area contributed by atoms with Gasteiger partial charge in [-0.2, -0.15) is 0 Å². The maximum Gasteiger partial charge on any atom is 0.237 e. The zero-order valence-corrected chi connectivity index (χ0v) is 21.5. The average molecular weight is 488 g/mol. The molecule has 4 saturated carbocycles. The minimum atomic E-state index is -0.0668. The second-order valence-corrected chi connectivity index (χ2v) is 12.8. The monoisotopic (exact) mass is 487 g/mol. The van der Waals surface area contributed by atoms with Gasteiger partial charge in [0, 0.05) is 37.2 Å². The number of carbonyl (C=O) groups excluding carboxylic acids is 1. The van der Waals surface area contributed by atoms with E-state index in [2.05, 4.69) is 10.2 Å². The number of amidine groups is 1. The van der Waals surface area contributed by atoms with Crippen LogP contribution in [0.5, 0.6) is 0 Å². The smallest absolute Gasteiger partial charge is 0.237 e. The molecular weight excluding hydrogens is 438 g/mol. The standard InChI is InChI=1S/C28H49N5O2/c29-22-7-9-23(10-8-22)32-28(35)26-13-19-5-6-20(27(30)31)14-25(19)33(26)15-21-12-17(16-34)11-18-3-1-2-4-24(18)21/h17-26,34H,1-16,29H2,(H3,30,31)(H,32,35). The Bertz CT molecular complexity index is 754. The van der Waals surface area contributed by atoms with Gasteiger partial charge >= 0.3 is 0 Å². The van der Waals surface area contributed by atoms with Crippen molar-refractivity contribution in [3.63, 3.8) is 0 Å². The molecule has 8 unspecified atom stereocenters. The number of amides is 1. The zero-order valence-electron chi connectivity index (χ0n) is 21.5. The predicted molar refractivity (Wildman–Crippen MR) is 139 cm³/mol. The number of hydrogen-bond donors (Lipinski definition) is 5. The Morgan fingerprint density at radius 3 is 2.46 bits per heavy atom. The highest BCUT2D eigenvalue weighted by Gasteiger charge is 2.49. The second-order valence-electron chi connectivity index (χ2n) is 12.8. The van der Waals surface area contributed by atoms with Crippen molar-refractivity contribution in [2.24, 2.45) is 47.0 Å². The van der Waals surface area contributed by atoms with Gasteiger partial charge in [-0.05, 0) is 100 Å². The number of aliphatic hydroxyl groups excluding tert-OH is 1. The molecule has 198 valence electrons. The molecule has 0 aromatic heterocycles. The van der Waals surface area contributed by atoms with Crippen LogP contribution in [0.15, 0.2) is 0 Å². The number of rotatable bonds is 6. The quantitative estimate of drug-likeness (QED) is 0.291. The van der Waals surface area contributed by atoms with E-state index in [4.69, 9.17) is 16.9 Å². The molecule has 5 fully saturated rings. The second kappa shape index (κ2) is 11.1. The largest absolute Gasteiger partial charge is 0.396 e. The fourth-order valence-electron chi connectivity index (χ4n) is 8.81. The van der Waals surface area contributed by atoms with Gasteiger partial charge in [0.15, 0.2) is 0 Å². The van der Waals surface area contributed by atoms with Gasteiger partial charge in [-0.3, -0.25) is 15.1 Å². The summed E-state index contributed by atoms with van der Waals surface area (Å²) in [5.74, 6) is 3.67. The normalized spacial score (nSPS) is 44.3. The van der Waals surface area contributed by atoms with Crippen molar-refractivity contribution in [1.82, 2.24) is 10.2 Å². The molecule has 0 aromatic rings. The van der Waals surface area contributed by atoms with Crippen LogP contribution in [-0.4, -0.2) is 59.1 Å². The van der Waals surface area contributed by atoms with E-state index >= 15 is 0 Å². The van der Waals surface area contributed by atoms with Gasteiger partial charge in [0.05, 0.1) is 11.9 Å². The van der Waals surface area contributed by atoms with Crippen molar-refractivity contribution in [3.8, 4) is 0 Å². The van der Waals surface area contributed by atoms with Crippen LogP contribution in [-0.2, 0) is 4.79 Å². The van der Waals surface area contributed by atoms with E-state index in [9.17, 15) is 9.90 Å². The summed E-state index contributed by atoms with van der Waals surface area (Å²) in [6.45, 7) is 1.27. The van der Waals surface area contributed by atoms with Crippen LogP contribution in [0.25, 0.3) is 0 Å². The number of nitrogens with zero attached hydrogens (tertiary/aromatic N) is 1. The molecule has 35 heavy (non-hydrogen) atoms. The first-order chi connectivity index (χ1) is 16.9. The van der Waals surface area contributed by atoms with E-state index in [-0.39, 0.29) is 30.0 Å². The van der Waals surface area contributed by atoms with Gasteiger partial charge in [-0.25, -0.2) is 0 Å². The molecule has 5 aliphatic rings. The van der Waals surface area contributed by atoms with Gasteiger partial charge in [0.1, 0.15) is 0 Å². The summed E-state index contributed by atoms with van der Waals surface area (Å²) < 4.78 is 0. The minimum absolute atomic E-state index is 0.0668. The van der Waals surface area contributed by atoms with Gasteiger partial charge < -0.3 is 21.9 Å². The van der Waals surface area contributed by atoms with Crippen LogP contribution in [0, 0.1) is 40.9 Å². The topological polar surface area (TPSA) is 128 Å². The molecule has 1 saturated heterocycles. The molecule has 5 rings (SSSR count). The minimum Gasteiger partial charge on any atom is -0.396 e. The van der Waals surface area contributed by atoms with Crippen molar-refractivity contribution >= 4 is 11.7 Å². The lowest BCUT2D eigenvalue weighted by Crippen LogP contribution is -2.53. The van der Waals surface area contributed by atoms with Crippen LogP contribution in [0.3, 0.4) is 0 Å². The average Bonchev–Trinajstić information content (AvgIpc) is 3.23. The Balaban J connectivity index is 1.34. The van der Waals surface area contributed by atoms with Gasteiger partial charge in [0.25, 0.3) is 0 Å². The maximum absolute atomic E-state index is 13.7. The highest BCUT2D eigenvalue weighted by atomic mass is 16.3. The summed E-state index contributed by atoms with van der Waals surface area (Å²) in [6.07, 6.45) is 15.5. The molecule has 7 nitrogen and oxygen atoms in total. The Kier molecular flexibility index (Phi) is 8.05. The first-order valence-corrected chi connectivity index (χ1v) is 14.7. The Morgan fingerprint density at radius 1 is 0.943 bits per heavy atom. The molecule has 1 amide bonds. The molecular formula is C28H49N5O2. The van der Waals surface area contributed by atoms with Crippen LogP contribution in [0.2, 0.25) is 0 Å². The van der Waals surface area contributed by atoms with E-state index in [0.717, 1.165) is 76.2 Å². The fraction of sp³-hybridized carbons (Fsp3) is 0.929. The third-order valence-corrected chi connectivity index (χ3v) is 10.7. The number of hydrogen-bond acceptors (Lipinski definition) is 5. The van der Waals surface area contributed by atoms with E-state index in [0.29, 0.717) is 36.2 Å². The van der Waals surface area contributed by atoms with E-state index in [1.807, 2.05) is 0 Å². The van der Waals surface area contributed by atoms with Crippen molar-refractivity contribution in [3.05, 3.63) is 0 Å². The molecule has 0 radical (unpaired) electrons. The third-order valence-electron chi connectivity index (χ3n) is 10.7. The highest BCUT2D eigenvalue weighted by Crippen LogP contribution is 2.49. The van der Waals surface area contributed by atoms with E-state index < -0.39 is 0 Å². The van der Waals surface area contributed by atoms with E-state index in [1.54, 1.807) is 0 Å². The van der Waals surface area contributed by atoms with Gasteiger partial charge in [-0.1, -0.05) is 19.3 Å². The summed E-state index contributed by atoms with van der Waals surface area (Å²) in [7, 11) is 0. The first-order valence-electron chi connectivity index (χ1n) is 14.7. The number of carbonyl (C=O) groups is 1. The summed E-state index contributed by atoms with van der Waals surface area (Å²) in [6, 6.07) is 0.826. The van der Waals surface area contributed by atoms with Crippen molar-refractivity contribution in [1.29, 1.82) is 5.41 Å². The zero-order chi connectivity index (χ0) is 24.5. The SMILES string of the molecule is N=C(N)C1CCC2CC(C(=O)NC3CCC(N)CC3)N(CC3CC(CO)CC4CCCCC43)C2C1. The Labute approximate surface area is 211 Å². The molecule has 1 aliphatic heterocycles. The molecule has 4 aliphatic carbocycles.